The summed E-state index contributed by atoms with van der Waals surface area (Å²) in [6.07, 6.45) is 3.66. The molecule has 2 heterocycles. The lowest BCUT2D eigenvalue weighted by molar-refractivity contribution is 0.181. The zero-order valence-corrected chi connectivity index (χ0v) is 12.7. The molecule has 1 N–H and O–H groups in total. The average molecular weight is 299 g/mol. The van der Waals surface area contributed by atoms with Gasteiger partial charge in [0.15, 0.2) is 0 Å². The van der Waals surface area contributed by atoms with E-state index in [-0.39, 0.29) is 0 Å². The lowest BCUT2D eigenvalue weighted by Crippen LogP contribution is -2.04. The van der Waals surface area contributed by atoms with Crippen molar-refractivity contribution in [3.63, 3.8) is 0 Å². The first-order valence-corrected chi connectivity index (χ1v) is 7.88. The van der Waals surface area contributed by atoms with Crippen molar-refractivity contribution in [3.05, 3.63) is 52.7 Å². The van der Waals surface area contributed by atoms with Crippen LogP contribution >= 0.6 is 11.5 Å². The van der Waals surface area contributed by atoms with Gasteiger partial charge in [-0.2, -0.15) is 0 Å². The fourth-order valence-corrected chi connectivity index (χ4v) is 3.19. The summed E-state index contributed by atoms with van der Waals surface area (Å²) in [7, 11) is 0. The molecule has 0 fully saturated rings. The Balaban J connectivity index is 1.89. The summed E-state index contributed by atoms with van der Waals surface area (Å²) in [5.41, 5.74) is 2.98. The van der Waals surface area contributed by atoms with Crippen LogP contribution in [-0.4, -0.2) is 19.7 Å². The Morgan fingerprint density at radius 2 is 2.10 bits per heavy atom. The molecular weight excluding hydrogens is 282 g/mol. The number of pyridine rings is 1. The molecular formula is C16H17N3OS. The Morgan fingerprint density at radius 3 is 2.95 bits per heavy atom. The van der Waals surface area contributed by atoms with Crippen LogP contribution < -0.4 is 0 Å². The molecule has 1 unspecified atom stereocenters. The summed E-state index contributed by atoms with van der Waals surface area (Å²) in [6.45, 7) is 2.10. The van der Waals surface area contributed by atoms with Crippen molar-refractivity contribution < 1.29 is 5.11 Å². The third-order valence-electron chi connectivity index (χ3n) is 3.53. The van der Waals surface area contributed by atoms with E-state index in [9.17, 15) is 5.11 Å². The molecule has 0 saturated heterocycles. The second-order valence-electron chi connectivity index (χ2n) is 5.04. The summed E-state index contributed by atoms with van der Waals surface area (Å²) >= 11 is 1.30. The number of nitrogens with zero attached hydrogens (tertiary/aromatic N) is 3. The third kappa shape index (κ3) is 2.94. The highest BCUT2D eigenvalue weighted by molar-refractivity contribution is 7.05. The molecule has 0 saturated carbocycles. The molecule has 0 aliphatic rings. The van der Waals surface area contributed by atoms with Crippen LogP contribution in [0.15, 0.2) is 36.5 Å². The van der Waals surface area contributed by atoms with Crippen LogP contribution in [-0.2, 0) is 12.8 Å². The quantitative estimate of drug-likeness (QED) is 0.785. The van der Waals surface area contributed by atoms with E-state index in [1.165, 1.54) is 11.5 Å². The normalized spacial score (nSPS) is 12.7. The van der Waals surface area contributed by atoms with Gasteiger partial charge in [-0.15, -0.1) is 5.10 Å². The largest absolute Gasteiger partial charge is 0.387 e. The zero-order chi connectivity index (χ0) is 14.7. The number of aromatic nitrogens is 3. The van der Waals surface area contributed by atoms with Crippen molar-refractivity contribution in [2.75, 3.05) is 0 Å². The fraction of sp³-hybridized carbons (Fsp3) is 0.312. The zero-order valence-electron chi connectivity index (χ0n) is 11.9. The van der Waals surface area contributed by atoms with Gasteiger partial charge in [0.25, 0.3) is 0 Å². The van der Waals surface area contributed by atoms with Crippen LogP contribution in [0.1, 0.15) is 35.6 Å². The number of hydrogen-bond donors (Lipinski definition) is 1. The second-order valence-corrected chi connectivity index (χ2v) is 5.83. The summed E-state index contributed by atoms with van der Waals surface area (Å²) < 4.78 is 3.99. The van der Waals surface area contributed by atoms with Crippen LogP contribution in [0, 0.1) is 0 Å². The lowest BCUT2D eigenvalue weighted by atomic mass is 10.0. The van der Waals surface area contributed by atoms with E-state index < -0.39 is 6.10 Å². The molecule has 0 spiro atoms. The minimum atomic E-state index is -0.558. The van der Waals surface area contributed by atoms with Crippen LogP contribution in [0.3, 0.4) is 0 Å². The van der Waals surface area contributed by atoms with Crippen LogP contribution in [0.2, 0.25) is 0 Å². The summed E-state index contributed by atoms with van der Waals surface area (Å²) in [4.78, 5) is 5.24. The van der Waals surface area contributed by atoms with Gasteiger partial charge in [-0.3, -0.25) is 4.98 Å². The molecule has 0 amide bonds. The molecule has 3 rings (SSSR count). The predicted octanol–water partition coefficient (Wildman–Crippen LogP) is 3.31. The molecule has 0 radical (unpaired) electrons. The maximum atomic E-state index is 10.5. The van der Waals surface area contributed by atoms with Crippen molar-refractivity contribution in [2.24, 2.45) is 0 Å². The summed E-state index contributed by atoms with van der Waals surface area (Å²) in [5.74, 6) is 0. The van der Waals surface area contributed by atoms with Gasteiger partial charge >= 0.3 is 0 Å². The fourth-order valence-electron chi connectivity index (χ4n) is 2.51. The number of benzene rings is 1. The van der Waals surface area contributed by atoms with E-state index in [1.807, 2.05) is 30.3 Å². The maximum Gasteiger partial charge on any atom is 0.0957 e. The number of para-hydroxylation sites is 1. The molecule has 0 bridgehead atoms. The van der Waals surface area contributed by atoms with Crippen molar-refractivity contribution in [1.29, 1.82) is 0 Å². The number of hydrogen-bond acceptors (Lipinski definition) is 5. The second kappa shape index (κ2) is 6.28. The predicted molar refractivity (Wildman–Crippen MR) is 84.3 cm³/mol. The van der Waals surface area contributed by atoms with E-state index in [4.69, 9.17) is 0 Å². The Morgan fingerprint density at radius 1 is 1.24 bits per heavy atom. The number of aliphatic hydroxyl groups is 1. The van der Waals surface area contributed by atoms with E-state index in [2.05, 4.69) is 21.5 Å². The van der Waals surface area contributed by atoms with Crippen LogP contribution in [0.4, 0.5) is 0 Å². The first-order valence-electron chi connectivity index (χ1n) is 7.11. The summed E-state index contributed by atoms with van der Waals surface area (Å²) in [6, 6.07) is 9.97. The number of fused-ring (bicyclic) bond motifs is 1. The molecule has 1 aromatic carbocycles. The Hall–Kier alpha value is -1.85. The van der Waals surface area contributed by atoms with Crippen molar-refractivity contribution in [3.8, 4) is 0 Å². The summed E-state index contributed by atoms with van der Waals surface area (Å²) in [5, 5.41) is 15.8. The average Bonchev–Trinajstić information content (AvgIpc) is 2.96. The van der Waals surface area contributed by atoms with Gasteiger partial charge in [0.2, 0.25) is 0 Å². The molecule has 1 atom stereocenters. The number of rotatable bonds is 5. The van der Waals surface area contributed by atoms with E-state index in [0.717, 1.165) is 39.9 Å². The van der Waals surface area contributed by atoms with E-state index in [1.54, 1.807) is 6.20 Å². The number of aliphatic hydroxyl groups excluding tert-OH is 1. The Bertz CT molecular complexity index is 736. The first kappa shape index (κ1) is 14.1. The Kier molecular flexibility index (Phi) is 4.22. The lowest BCUT2D eigenvalue weighted by Gasteiger charge is -2.11. The standard InChI is InChI=1S/C16H17N3OS/c1-2-5-14-16(21-19-18-14)15(20)10-11-8-9-17-13-7-4-3-6-12(11)13/h3-4,6-9,15,20H,2,5,10H2,1H3. The van der Waals surface area contributed by atoms with Crippen LogP contribution in [0.25, 0.3) is 10.9 Å². The van der Waals surface area contributed by atoms with Gasteiger partial charge < -0.3 is 5.11 Å². The highest BCUT2D eigenvalue weighted by Gasteiger charge is 2.18. The molecule has 21 heavy (non-hydrogen) atoms. The Labute approximate surface area is 127 Å². The highest BCUT2D eigenvalue weighted by atomic mass is 32.1. The van der Waals surface area contributed by atoms with Gasteiger partial charge in [-0.05, 0) is 35.6 Å². The highest BCUT2D eigenvalue weighted by Crippen LogP contribution is 2.27. The molecule has 0 aliphatic carbocycles. The number of aryl methyl sites for hydroxylation is 1. The molecule has 3 aromatic rings. The minimum Gasteiger partial charge on any atom is -0.387 e. The molecule has 4 nitrogen and oxygen atoms in total. The molecule has 108 valence electrons. The maximum absolute atomic E-state index is 10.5. The van der Waals surface area contributed by atoms with E-state index >= 15 is 0 Å². The molecule has 5 heteroatoms. The van der Waals surface area contributed by atoms with Gasteiger partial charge in [0.05, 0.1) is 22.2 Å². The van der Waals surface area contributed by atoms with Gasteiger partial charge in [-0.1, -0.05) is 36.0 Å². The van der Waals surface area contributed by atoms with Crippen molar-refractivity contribution in [1.82, 2.24) is 14.6 Å². The topological polar surface area (TPSA) is 58.9 Å². The van der Waals surface area contributed by atoms with Crippen molar-refractivity contribution in [2.45, 2.75) is 32.3 Å². The molecule has 2 aromatic heterocycles. The van der Waals surface area contributed by atoms with Gasteiger partial charge in [0, 0.05) is 18.0 Å². The smallest absolute Gasteiger partial charge is 0.0957 e. The first-order chi connectivity index (χ1) is 10.3. The molecule has 0 aliphatic heterocycles. The van der Waals surface area contributed by atoms with Crippen LogP contribution in [0.5, 0.6) is 0 Å². The SMILES string of the molecule is CCCc1nnsc1C(O)Cc1ccnc2ccccc12. The van der Waals surface area contributed by atoms with Crippen molar-refractivity contribution >= 4 is 22.4 Å². The van der Waals surface area contributed by atoms with Gasteiger partial charge in [-0.25, -0.2) is 0 Å². The minimum absolute atomic E-state index is 0.558. The van der Waals surface area contributed by atoms with Gasteiger partial charge in [0.1, 0.15) is 0 Å². The third-order valence-corrected chi connectivity index (χ3v) is 4.39. The van der Waals surface area contributed by atoms with E-state index in [0.29, 0.717) is 6.42 Å². The monoisotopic (exact) mass is 299 g/mol.